The Balaban J connectivity index is 0. The van der Waals surface area contributed by atoms with Crippen LogP contribution < -0.4 is 0 Å². The Labute approximate surface area is 94.9 Å². The smallest absolute Gasteiger partial charge is 0.0701 e. The topological polar surface area (TPSA) is 27.7 Å². The molecule has 4 heteroatoms. The molecule has 0 radical (unpaired) electrons. The third kappa shape index (κ3) is 12.0. The second-order valence-corrected chi connectivity index (χ2v) is 1.60. The molecule has 3 nitrogen and oxygen atoms in total. The second-order valence-electron chi connectivity index (χ2n) is 1.60. The average molecular weight is 278 g/mol. The van der Waals surface area contributed by atoms with E-state index in [4.69, 9.17) is 14.2 Å². The quantitative estimate of drug-likeness (QED) is 0.654. The first kappa shape index (κ1) is 13.8. The molecule has 0 fully saturated rings. The van der Waals surface area contributed by atoms with E-state index in [9.17, 15) is 0 Å². The van der Waals surface area contributed by atoms with E-state index in [1.54, 1.807) is 14.2 Å². The molecule has 0 rings (SSSR count). The molecule has 0 atom stereocenters. The van der Waals surface area contributed by atoms with Crippen molar-refractivity contribution in [2.45, 2.75) is 0 Å². The molecule has 0 saturated carbocycles. The van der Waals surface area contributed by atoms with Gasteiger partial charge in [0.1, 0.15) is 0 Å². The summed E-state index contributed by atoms with van der Waals surface area (Å²) in [5, 5.41) is 0. The maximum absolute atomic E-state index is 5.06. The van der Waals surface area contributed by atoms with Gasteiger partial charge in [0.15, 0.2) is 0 Å². The summed E-state index contributed by atoms with van der Waals surface area (Å²) in [7, 11) is 3.30. The second kappa shape index (κ2) is 12.9. The van der Waals surface area contributed by atoms with E-state index in [1.807, 2.05) is 0 Å². The normalized spacial score (nSPS) is 9.00. The van der Waals surface area contributed by atoms with E-state index < -0.39 is 0 Å². The van der Waals surface area contributed by atoms with Gasteiger partial charge in [-0.1, -0.05) is 0 Å². The van der Waals surface area contributed by atoms with Crippen LogP contribution in [0.2, 0.25) is 0 Å². The van der Waals surface area contributed by atoms with Gasteiger partial charge in [0.2, 0.25) is 0 Å². The predicted octanol–water partition coefficient (Wildman–Crippen LogP) is 0.296. The van der Waals surface area contributed by atoms with Crippen LogP contribution in [0.25, 0.3) is 0 Å². The van der Waals surface area contributed by atoms with Crippen molar-refractivity contribution in [1.29, 1.82) is 0 Å². The van der Waals surface area contributed by atoms with E-state index in [0.717, 1.165) is 0 Å². The molecule has 0 N–H and O–H groups in total. The minimum Gasteiger partial charge on any atom is -0.382 e. The van der Waals surface area contributed by atoms with Crippen molar-refractivity contribution in [3.05, 3.63) is 0 Å². The van der Waals surface area contributed by atoms with Gasteiger partial charge in [-0.05, 0) is 0 Å². The fourth-order valence-electron chi connectivity index (χ4n) is 0.387. The predicted molar refractivity (Wildman–Crippen MR) is 34.6 cm³/mol. The maximum atomic E-state index is 5.06. The van der Waals surface area contributed by atoms with Crippen molar-refractivity contribution >= 4 is 0 Å². The van der Waals surface area contributed by atoms with Gasteiger partial charge in [-0.25, -0.2) is 0 Å². The third-order valence-corrected chi connectivity index (χ3v) is 0.864. The Morgan fingerprint density at radius 1 is 0.800 bits per heavy atom. The van der Waals surface area contributed by atoms with Gasteiger partial charge in [-0.2, -0.15) is 0 Å². The Hall–Kier alpha value is 1.23. The van der Waals surface area contributed by atoms with E-state index in [2.05, 4.69) is 0 Å². The van der Waals surface area contributed by atoms with Crippen LogP contribution in [0, 0.1) is 40.8 Å². The van der Waals surface area contributed by atoms with Gasteiger partial charge >= 0.3 is 0 Å². The average Bonchev–Trinajstić information content (AvgIpc) is 1.89. The van der Waals surface area contributed by atoms with E-state index in [1.165, 1.54) is 0 Å². The number of methoxy groups -OCH3 is 2. The molecule has 0 aromatic rings. The zero-order valence-electron chi connectivity index (χ0n) is 6.55. The Kier molecular flexibility index (Phi) is 17.8. The van der Waals surface area contributed by atoms with Crippen molar-refractivity contribution in [1.82, 2.24) is 0 Å². The van der Waals surface area contributed by atoms with Gasteiger partial charge in [-0.3, -0.25) is 0 Å². The summed E-state index contributed by atoms with van der Waals surface area (Å²) in [4.78, 5) is 0. The Morgan fingerprint density at radius 2 is 1.20 bits per heavy atom. The molecule has 0 unspecified atom stereocenters. The van der Waals surface area contributed by atoms with Crippen molar-refractivity contribution < 1.29 is 55.0 Å². The first-order chi connectivity index (χ1) is 4.41. The first-order valence-corrected chi connectivity index (χ1v) is 2.97. The van der Waals surface area contributed by atoms with Crippen molar-refractivity contribution in [3.63, 3.8) is 0 Å². The molecule has 0 amide bonds. The summed E-state index contributed by atoms with van der Waals surface area (Å²) >= 11 is 0. The number of ether oxygens (including phenoxy) is 3. The molecule has 10 heavy (non-hydrogen) atoms. The molecule has 0 aliphatic rings. The monoisotopic (exact) mass is 276 g/mol. The minimum absolute atomic E-state index is 0. The third-order valence-electron chi connectivity index (χ3n) is 0.864. The molecule has 0 aliphatic heterocycles. The molecule has 0 aromatic heterocycles. The molecule has 0 heterocycles. The summed E-state index contributed by atoms with van der Waals surface area (Å²) < 4.78 is 14.6. The summed E-state index contributed by atoms with van der Waals surface area (Å²) in [6.07, 6.45) is 0. The van der Waals surface area contributed by atoms with Gasteiger partial charge < -0.3 is 14.2 Å². The molecule has 0 aliphatic carbocycles. The number of hydrogen-bond donors (Lipinski definition) is 0. The maximum Gasteiger partial charge on any atom is 0.0701 e. The van der Waals surface area contributed by atoms with Crippen molar-refractivity contribution in [3.8, 4) is 0 Å². The van der Waals surface area contributed by atoms with Crippen LogP contribution >= 0.6 is 0 Å². The number of rotatable bonds is 6. The van der Waals surface area contributed by atoms with Crippen molar-refractivity contribution in [2.75, 3.05) is 40.6 Å². The van der Waals surface area contributed by atoms with Crippen molar-refractivity contribution in [2.24, 2.45) is 0 Å². The summed E-state index contributed by atoms with van der Waals surface area (Å²) in [6, 6.07) is 0. The molecular formula is C6H14NdO3. The molecule has 60 valence electrons. The molecule has 0 aromatic carbocycles. The van der Waals surface area contributed by atoms with Gasteiger partial charge in [0, 0.05) is 55.1 Å². The fourth-order valence-corrected chi connectivity index (χ4v) is 0.387. The largest absolute Gasteiger partial charge is 0.382 e. The summed E-state index contributed by atoms with van der Waals surface area (Å²) in [5.74, 6) is 0. The molecule has 0 spiro atoms. The Bertz CT molecular complexity index is 46.3. The van der Waals surface area contributed by atoms with Gasteiger partial charge in [0.05, 0.1) is 26.4 Å². The Morgan fingerprint density at radius 3 is 1.50 bits per heavy atom. The van der Waals surface area contributed by atoms with Crippen LogP contribution in [0.4, 0.5) is 0 Å². The standard InChI is InChI=1S/C6H14O3.Nd/c1-7-3-5-9-6-4-8-2;/h3-6H2,1-2H3;. The summed E-state index contributed by atoms with van der Waals surface area (Å²) in [5.41, 5.74) is 0. The summed E-state index contributed by atoms with van der Waals surface area (Å²) in [6.45, 7) is 2.62. The first-order valence-electron chi connectivity index (χ1n) is 2.97. The van der Waals surface area contributed by atoms with E-state index in [-0.39, 0.29) is 40.8 Å². The zero-order chi connectivity index (χ0) is 6.95. The van der Waals surface area contributed by atoms with Crippen LogP contribution in [0.15, 0.2) is 0 Å². The molecule has 0 bridgehead atoms. The van der Waals surface area contributed by atoms with Gasteiger partial charge in [0.25, 0.3) is 0 Å². The molecule has 0 saturated heterocycles. The molecular weight excluding hydrogens is 264 g/mol. The van der Waals surface area contributed by atoms with Crippen LogP contribution in [0.1, 0.15) is 0 Å². The van der Waals surface area contributed by atoms with E-state index >= 15 is 0 Å². The van der Waals surface area contributed by atoms with Crippen LogP contribution in [-0.2, 0) is 14.2 Å². The van der Waals surface area contributed by atoms with Gasteiger partial charge in [-0.15, -0.1) is 0 Å². The minimum atomic E-state index is 0. The van der Waals surface area contributed by atoms with Crippen LogP contribution in [0.5, 0.6) is 0 Å². The zero-order valence-corrected chi connectivity index (χ0v) is 9.76. The fraction of sp³-hybridized carbons (Fsp3) is 1.00. The van der Waals surface area contributed by atoms with Crippen LogP contribution in [-0.4, -0.2) is 40.6 Å². The SMILES string of the molecule is COCCOCCOC.[Nd]. The van der Waals surface area contributed by atoms with Crippen LogP contribution in [0.3, 0.4) is 0 Å². The van der Waals surface area contributed by atoms with E-state index in [0.29, 0.717) is 26.4 Å². The number of hydrogen-bond acceptors (Lipinski definition) is 3.